The molecule has 0 aromatic rings. The minimum absolute atomic E-state index is 0. The molecule has 0 saturated heterocycles. The highest BCUT2D eigenvalue weighted by Gasteiger charge is 2.05. The lowest BCUT2D eigenvalue weighted by molar-refractivity contribution is -0.140. The molecular formula is C11H22O2. The van der Waals surface area contributed by atoms with Gasteiger partial charge in [0.25, 0.3) is 0 Å². The van der Waals surface area contributed by atoms with Crippen LogP contribution in [0.25, 0.3) is 0 Å². The van der Waals surface area contributed by atoms with E-state index in [9.17, 15) is 4.79 Å². The molecule has 0 aliphatic rings. The molecule has 0 saturated carbocycles. The fourth-order valence-electron chi connectivity index (χ4n) is 0.450. The van der Waals surface area contributed by atoms with Crippen LogP contribution in [0.3, 0.4) is 0 Å². The van der Waals surface area contributed by atoms with Crippen LogP contribution in [-0.2, 0) is 9.53 Å². The van der Waals surface area contributed by atoms with Gasteiger partial charge in [-0.3, -0.25) is 0 Å². The van der Waals surface area contributed by atoms with E-state index < -0.39 is 0 Å². The molecule has 0 radical (unpaired) electrons. The lowest BCUT2D eigenvalue weighted by Gasteiger charge is -2.10. The molecule has 0 aliphatic heterocycles. The second-order valence-electron chi connectivity index (χ2n) is 2.43. The standard InChI is InChI=1S/C9H14O2.2CH4/c1-5-6-9(10)11-8(4)7(2)3;;/h5-6,8H,2H2,1,3-4H3;2*1H4. The zero-order valence-corrected chi connectivity index (χ0v) is 7.26. The third-order valence-electron chi connectivity index (χ3n) is 1.29. The molecule has 2 nitrogen and oxygen atoms in total. The number of carbonyl (C=O) groups is 1. The van der Waals surface area contributed by atoms with Gasteiger partial charge in [0, 0.05) is 6.08 Å². The van der Waals surface area contributed by atoms with Gasteiger partial charge < -0.3 is 4.74 Å². The van der Waals surface area contributed by atoms with E-state index in [0.29, 0.717) is 0 Å². The Labute approximate surface area is 82.3 Å². The topological polar surface area (TPSA) is 26.3 Å². The van der Waals surface area contributed by atoms with Gasteiger partial charge >= 0.3 is 5.97 Å². The van der Waals surface area contributed by atoms with Gasteiger partial charge in [-0.15, -0.1) is 0 Å². The number of carbonyl (C=O) groups excluding carboxylic acids is 1. The summed E-state index contributed by atoms with van der Waals surface area (Å²) in [6.45, 7) is 9.06. The minimum atomic E-state index is -0.317. The molecule has 0 fully saturated rings. The molecule has 1 atom stereocenters. The summed E-state index contributed by atoms with van der Waals surface area (Å²) in [7, 11) is 0. The van der Waals surface area contributed by atoms with E-state index in [-0.39, 0.29) is 26.9 Å². The highest BCUT2D eigenvalue weighted by atomic mass is 16.5. The van der Waals surface area contributed by atoms with Crippen LogP contribution in [0.1, 0.15) is 35.6 Å². The van der Waals surface area contributed by atoms with Crippen LogP contribution >= 0.6 is 0 Å². The van der Waals surface area contributed by atoms with E-state index in [1.54, 1.807) is 19.9 Å². The molecule has 13 heavy (non-hydrogen) atoms. The number of esters is 1. The summed E-state index contributed by atoms with van der Waals surface area (Å²) in [6.07, 6.45) is 2.84. The van der Waals surface area contributed by atoms with Gasteiger partial charge in [0.1, 0.15) is 6.10 Å². The Morgan fingerprint density at radius 2 is 1.92 bits per heavy atom. The molecule has 0 heterocycles. The maximum absolute atomic E-state index is 10.8. The Morgan fingerprint density at radius 1 is 1.46 bits per heavy atom. The van der Waals surface area contributed by atoms with E-state index in [4.69, 9.17) is 4.74 Å². The molecule has 0 aromatic carbocycles. The summed E-state index contributed by atoms with van der Waals surface area (Å²) in [5.74, 6) is -0.317. The quantitative estimate of drug-likeness (QED) is 0.384. The largest absolute Gasteiger partial charge is 0.455 e. The first-order chi connectivity index (χ1) is 5.07. The molecule has 0 bridgehead atoms. The van der Waals surface area contributed by atoms with Crippen molar-refractivity contribution in [3.05, 3.63) is 24.3 Å². The number of hydrogen-bond acceptors (Lipinski definition) is 2. The van der Waals surface area contributed by atoms with Crippen molar-refractivity contribution in [1.29, 1.82) is 0 Å². The lowest BCUT2D eigenvalue weighted by atomic mass is 10.2. The second kappa shape index (κ2) is 9.04. The summed E-state index contributed by atoms with van der Waals surface area (Å²) < 4.78 is 4.93. The molecule has 78 valence electrons. The van der Waals surface area contributed by atoms with Crippen LogP contribution in [0.15, 0.2) is 24.3 Å². The van der Waals surface area contributed by atoms with E-state index in [0.717, 1.165) is 5.57 Å². The summed E-state index contributed by atoms with van der Waals surface area (Å²) in [4.78, 5) is 10.8. The van der Waals surface area contributed by atoms with Gasteiger partial charge in [-0.05, 0) is 26.3 Å². The first-order valence-electron chi connectivity index (χ1n) is 3.56. The Balaban J connectivity index is -0.000000500. The zero-order valence-electron chi connectivity index (χ0n) is 7.26. The predicted octanol–water partition coefficient (Wildman–Crippen LogP) is 3.34. The van der Waals surface area contributed by atoms with Crippen molar-refractivity contribution in [2.75, 3.05) is 0 Å². The maximum atomic E-state index is 10.8. The van der Waals surface area contributed by atoms with Crippen molar-refractivity contribution in [2.45, 2.75) is 41.7 Å². The highest BCUT2D eigenvalue weighted by Crippen LogP contribution is 2.02. The molecule has 0 aromatic heterocycles. The van der Waals surface area contributed by atoms with Crippen LogP contribution in [0.4, 0.5) is 0 Å². The van der Waals surface area contributed by atoms with Crippen LogP contribution < -0.4 is 0 Å². The predicted molar refractivity (Wildman–Crippen MR) is 58.6 cm³/mol. The molecule has 0 aliphatic carbocycles. The zero-order chi connectivity index (χ0) is 8.85. The molecule has 0 N–H and O–H groups in total. The van der Waals surface area contributed by atoms with Gasteiger partial charge in [0.2, 0.25) is 0 Å². The number of ether oxygens (including phenoxy) is 1. The second-order valence-corrected chi connectivity index (χ2v) is 2.43. The monoisotopic (exact) mass is 186 g/mol. The van der Waals surface area contributed by atoms with Crippen LogP contribution in [0.2, 0.25) is 0 Å². The number of hydrogen-bond donors (Lipinski definition) is 0. The molecule has 2 heteroatoms. The normalized spacial score (nSPS) is 11.0. The number of allylic oxidation sites excluding steroid dienone is 1. The van der Waals surface area contributed by atoms with Gasteiger partial charge in [-0.1, -0.05) is 27.5 Å². The maximum Gasteiger partial charge on any atom is 0.330 e. The molecule has 0 spiro atoms. The summed E-state index contributed by atoms with van der Waals surface area (Å²) in [5.41, 5.74) is 0.850. The van der Waals surface area contributed by atoms with Gasteiger partial charge in [-0.25, -0.2) is 4.79 Å². The van der Waals surface area contributed by atoms with Gasteiger partial charge in [-0.2, -0.15) is 0 Å². The van der Waals surface area contributed by atoms with E-state index in [1.807, 2.05) is 6.92 Å². The average molecular weight is 186 g/mol. The summed E-state index contributed by atoms with van der Waals surface area (Å²) >= 11 is 0. The fourth-order valence-corrected chi connectivity index (χ4v) is 0.450. The third kappa shape index (κ3) is 8.86. The molecule has 0 rings (SSSR count). The molecular weight excluding hydrogens is 164 g/mol. The highest BCUT2D eigenvalue weighted by molar-refractivity contribution is 5.82. The Morgan fingerprint density at radius 3 is 2.23 bits per heavy atom. The Kier molecular flexibility index (Phi) is 12.4. The van der Waals surface area contributed by atoms with E-state index in [1.165, 1.54) is 6.08 Å². The Bertz CT molecular complexity index is 181. The van der Waals surface area contributed by atoms with Crippen molar-refractivity contribution >= 4 is 5.97 Å². The van der Waals surface area contributed by atoms with Crippen LogP contribution in [0, 0.1) is 0 Å². The van der Waals surface area contributed by atoms with Crippen molar-refractivity contribution < 1.29 is 9.53 Å². The third-order valence-corrected chi connectivity index (χ3v) is 1.29. The van der Waals surface area contributed by atoms with E-state index >= 15 is 0 Å². The lowest BCUT2D eigenvalue weighted by Crippen LogP contribution is -2.13. The first kappa shape index (κ1) is 17.9. The smallest absolute Gasteiger partial charge is 0.330 e. The first-order valence-corrected chi connectivity index (χ1v) is 3.56. The van der Waals surface area contributed by atoms with E-state index in [2.05, 4.69) is 6.58 Å². The van der Waals surface area contributed by atoms with Crippen molar-refractivity contribution in [3.8, 4) is 0 Å². The van der Waals surface area contributed by atoms with Crippen LogP contribution in [0.5, 0.6) is 0 Å². The minimum Gasteiger partial charge on any atom is -0.455 e. The van der Waals surface area contributed by atoms with Crippen molar-refractivity contribution in [1.82, 2.24) is 0 Å². The van der Waals surface area contributed by atoms with Crippen molar-refractivity contribution in [2.24, 2.45) is 0 Å². The average Bonchev–Trinajstić information content (AvgIpc) is 1.87. The van der Waals surface area contributed by atoms with Crippen molar-refractivity contribution in [3.63, 3.8) is 0 Å². The number of rotatable bonds is 3. The van der Waals surface area contributed by atoms with Gasteiger partial charge in [0.05, 0.1) is 0 Å². The summed E-state index contributed by atoms with van der Waals surface area (Å²) in [6, 6.07) is 0. The molecule has 0 amide bonds. The Hall–Kier alpha value is -1.05. The molecule has 1 unspecified atom stereocenters. The SMILES string of the molecule is C.C.C=C(C)C(C)OC(=O)C=CC. The summed E-state index contributed by atoms with van der Waals surface area (Å²) in [5, 5.41) is 0. The van der Waals surface area contributed by atoms with Gasteiger partial charge in [0.15, 0.2) is 0 Å². The van der Waals surface area contributed by atoms with Crippen LogP contribution in [-0.4, -0.2) is 12.1 Å². The fraction of sp³-hybridized carbons (Fsp3) is 0.545.